The first-order valence-corrected chi connectivity index (χ1v) is 11.9. The first kappa shape index (κ1) is 26.6. The monoisotopic (exact) mass is 539 g/mol. The Hall–Kier alpha value is -4.51. The summed E-state index contributed by atoms with van der Waals surface area (Å²) in [5.74, 6) is -2.14. The van der Waals surface area contributed by atoms with Crippen LogP contribution in [0.3, 0.4) is 0 Å². The van der Waals surface area contributed by atoms with E-state index in [2.05, 4.69) is 15.0 Å². The van der Waals surface area contributed by atoms with Gasteiger partial charge in [0.1, 0.15) is 11.5 Å². The molecule has 0 amide bonds. The van der Waals surface area contributed by atoms with Crippen molar-refractivity contribution < 1.29 is 19.0 Å². The van der Waals surface area contributed by atoms with Gasteiger partial charge >= 0.3 is 17.3 Å². The van der Waals surface area contributed by atoms with Gasteiger partial charge in [-0.25, -0.2) is 24.1 Å². The van der Waals surface area contributed by atoms with Gasteiger partial charge in [-0.2, -0.15) is 4.39 Å². The Morgan fingerprint density at radius 3 is 2.42 bits per heavy atom. The van der Waals surface area contributed by atoms with Crippen molar-refractivity contribution in [3.05, 3.63) is 110 Å². The number of aromatic nitrogens is 4. The predicted octanol–water partition coefficient (Wildman–Crippen LogP) is 3.88. The van der Waals surface area contributed by atoms with E-state index in [1.807, 2.05) is 0 Å². The summed E-state index contributed by atoms with van der Waals surface area (Å²) in [6.45, 7) is 2.95. The van der Waals surface area contributed by atoms with Crippen LogP contribution in [0.25, 0.3) is 0 Å². The van der Waals surface area contributed by atoms with Crippen molar-refractivity contribution in [1.82, 2.24) is 19.1 Å². The SMILES string of the molecule is C[C@@H](C(=O)O)[C@H](C)n1c(=O)[nH]/c(=N\c2ccc(Oc3ccnc(F)c3)cc2)n(Cc2ccc(Cl)cc2)c1=O. The number of carboxylic acids is 1. The maximum absolute atomic E-state index is 13.5. The molecule has 0 aliphatic heterocycles. The maximum atomic E-state index is 13.5. The standard InChI is InChI=1S/C26H23ClFN5O5/c1-15(23(34)35)16(2)33-25(36)31-24(32(26(33)37)14-17-3-5-18(27)6-4-17)30-19-7-9-20(10-8-19)38-21-11-12-29-22(28)13-21/h3-13,15-16H,14H2,1-2H3,(H,34,35)(H,30,31,36)/t15-,16+/m1/s1. The fourth-order valence-electron chi connectivity index (χ4n) is 3.62. The molecular formula is C26H23ClFN5O5. The molecule has 0 aliphatic carbocycles. The molecule has 0 fully saturated rings. The smallest absolute Gasteiger partial charge is 0.335 e. The van der Waals surface area contributed by atoms with Crippen LogP contribution < -0.4 is 21.7 Å². The van der Waals surface area contributed by atoms with E-state index >= 15 is 0 Å². The quantitative estimate of drug-likeness (QED) is 0.327. The molecule has 2 N–H and O–H groups in total. The molecule has 2 heterocycles. The van der Waals surface area contributed by atoms with Crippen molar-refractivity contribution in [2.45, 2.75) is 26.4 Å². The number of aromatic amines is 1. The minimum absolute atomic E-state index is 0.0359. The first-order chi connectivity index (χ1) is 18.1. The fraction of sp³-hybridized carbons (Fsp3) is 0.192. The third-order valence-electron chi connectivity index (χ3n) is 5.91. The Labute approximate surface area is 220 Å². The minimum atomic E-state index is -1.14. The number of hydrogen-bond donors (Lipinski definition) is 2. The molecule has 0 aliphatic rings. The van der Waals surface area contributed by atoms with E-state index in [1.54, 1.807) is 48.5 Å². The number of nitrogens with zero attached hydrogens (tertiary/aromatic N) is 4. The van der Waals surface area contributed by atoms with Crippen LogP contribution in [0.15, 0.2) is 81.4 Å². The summed E-state index contributed by atoms with van der Waals surface area (Å²) >= 11 is 5.98. The van der Waals surface area contributed by atoms with Gasteiger partial charge in [-0.05, 0) is 61.9 Å². The average molecular weight is 540 g/mol. The minimum Gasteiger partial charge on any atom is -0.481 e. The van der Waals surface area contributed by atoms with Crippen LogP contribution in [-0.2, 0) is 11.3 Å². The number of nitrogens with one attached hydrogen (secondary N) is 1. The molecule has 0 saturated heterocycles. The van der Waals surface area contributed by atoms with Crippen molar-refractivity contribution in [2.75, 3.05) is 0 Å². The number of ether oxygens (including phenoxy) is 1. The Balaban J connectivity index is 1.77. The molecule has 196 valence electrons. The molecule has 2 aromatic carbocycles. The molecule has 4 rings (SSSR count). The van der Waals surface area contributed by atoms with Crippen LogP contribution in [0.2, 0.25) is 5.02 Å². The normalized spacial score (nSPS) is 13.2. The zero-order valence-electron chi connectivity index (χ0n) is 20.3. The molecule has 38 heavy (non-hydrogen) atoms. The second-order valence-electron chi connectivity index (χ2n) is 8.51. The Kier molecular flexibility index (Phi) is 7.87. The number of H-pyrrole nitrogens is 1. The number of benzene rings is 2. The highest BCUT2D eigenvalue weighted by atomic mass is 35.5. The van der Waals surface area contributed by atoms with Crippen molar-refractivity contribution in [3.8, 4) is 11.5 Å². The number of rotatable bonds is 8. The van der Waals surface area contributed by atoms with Crippen molar-refractivity contribution in [1.29, 1.82) is 0 Å². The van der Waals surface area contributed by atoms with Crippen molar-refractivity contribution >= 4 is 23.3 Å². The van der Waals surface area contributed by atoms with E-state index in [-0.39, 0.29) is 17.9 Å². The lowest BCUT2D eigenvalue weighted by Gasteiger charge is -2.19. The maximum Gasteiger partial charge on any atom is 0.335 e. The lowest BCUT2D eigenvalue weighted by molar-refractivity contribution is -0.142. The molecule has 0 bridgehead atoms. The summed E-state index contributed by atoms with van der Waals surface area (Å²) in [6, 6.07) is 14.9. The van der Waals surface area contributed by atoms with Gasteiger partial charge < -0.3 is 9.84 Å². The highest BCUT2D eigenvalue weighted by Crippen LogP contribution is 2.23. The van der Waals surface area contributed by atoms with E-state index in [0.717, 1.165) is 10.6 Å². The second-order valence-corrected chi connectivity index (χ2v) is 8.94. The van der Waals surface area contributed by atoms with E-state index < -0.39 is 35.3 Å². The molecule has 0 unspecified atom stereocenters. The molecule has 0 saturated carbocycles. The van der Waals surface area contributed by atoms with Crippen molar-refractivity contribution in [2.24, 2.45) is 10.9 Å². The molecular weight excluding hydrogens is 517 g/mol. The number of halogens is 2. The number of carboxylic acid groups (broad SMARTS) is 1. The van der Waals surface area contributed by atoms with Crippen LogP contribution in [-0.4, -0.2) is 30.2 Å². The van der Waals surface area contributed by atoms with E-state index in [4.69, 9.17) is 16.3 Å². The number of carbonyl (C=O) groups is 1. The van der Waals surface area contributed by atoms with E-state index in [9.17, 15) is 23.9 Å². The number of aliphatic carboxylic acids is 1. The van der Waals surface area contributed by atoms with Crippen molar-refractivity contribution in [3.63, 3.8) is 0 Å². The third-order valence-corrected chi connectivity index (χ3v) is 6.16. The molecule has 12 heteroatoms. The van der Waals surface area contributed by atoms with Gasteiger partial charge in [-0.3, -0.25) is 14.3 Å². The topological polar surface area (TPSA) is 132 Å². The predicted molar refractivity (Wildman–Crippen MR) is 137 cm³/mol. The van der Waals surface area contributed by atoms with Gasteiger partial charge in [-0.1, -0.05) is 23.7 Å². The summed E-state index contributed by atoms with van der Waals surface area (Å²) in [5.41, 5.74) is -0.447. The van der Waals surface area contributed by atoms with Gasteiger partial charge in [-0.15, -0.1) is 0 Å². The average Bonchev–Trinajstić information content (AvgIpc) is 2.88. The molecule has 4 aromatic rings. The fourth-order valence-corrected chi connectivity index (χ4v) is 3.74. The van der Waals surface area contributed by atoms with Crippen LogP contribution in [0.4, 0.5) is 10.1 Å². The van der Waals surface area contributed by atoms with Gasteiger partial charge in [0.2, 0.25) is 11.6 Å². The number of pyridine rings is 1. The first-order valence-electron chi connectivity index (χ1n) is 11.5. The Morgan fingerprint density at radius 2 is 1.79 bits per heavy atom. The summed E-state index contributed by atoms with van der Waals surface area (Å²) in [5, 5.41) is 9.92. The molecule has 0 spiro atoms. The zero-order valence-corrected chi connectivity index (χ0v) is 21.1. The van der Waals surface area contributed by atoms with Gasteiger partial charge in [0.25, 0.3) is 0 Å². The molecule has 2 atom stereocenters. The number of hydrogen-bond acceptors (Lipinski definition) is 6. The van der Waals surface area contributed by atoms with E-state index in [1.165, 1.54) is 30.7 Å². The molecule has 10 nitrogen and oxygen atoms in total. The summed E-state index contributed by atoms with van der Waals surface area (Å²) in [6.07, 6.45) is 1.28. The largest absolute Gasteiger partial charge is 0.481 e. The van der Waals surface area contributed by atoms with E-state index in [0.29, 0.717) is 22.0 Å². The third kappa shape index (κ3) is 6.06. The Bertz CT molecular complexity index is 1650. The summed E-state index contributed by atoms with van der Waals surface area (Å²) in [7, 11) is 0. The van der Waals surface area contributed by atoms with Gasteiger partial charge in [0.05, 0.1) is 24.2 Å². The highest BCUT2D eigenvalue weighted by Gasteiger charge is 2.25. The summed E-state index contributed by atoms with van der Waals surface area (Å²) < 4.78 is 21.0. The summed E-state index contributed by atoms with van der Waals surface area (Å²) in [4.78, 5) is 48.5. The van der Waals surface area contributed by atoms with Crippen LogP contribution in [0.5, 0.6) is 11.5 Å². The Morgan fingerprint density at radius 1 is 1.11 bits per heavy atom. The molecule has 2 aromatic heterocycles. The molecule has 0 radical (unpaired) electrons. The van der Waals surface area contributed by atoms with Crippen LogP contribution in [0, 0.1) is 11.9 Å². The highest BCUT2D eigenvalue weighted by molar-refractivity contribution is 6.30. The van der Waals surface area contributed by atoms with Gasteiger partial charge in [0, 0.05) is 17.3 Å². The van der Waals surface area contributed by atoms with Crippen LogP contribution >= 0.6 is 11.6 Å². The second kappa shape index (κ2) is 11.3. The zero-order chi connectivity index (χ0) is 27.4. The van der Waals surface area contributed by atoms with Gasteiger partial charge in [0.15, 0.2) is 0 Å². The van der Waals surface area contributed by atoms with Crippen LogP contribution in [0.1, 0.15) is 25.5 Å². The lowest BCUT2D eigenvalue weighted by atomic mass is 10.0. The lowest BCUT2D eigenvalue weighted by Crippen LogP contribution is -2.52.